The van der Waals surface area contributed by atoms with Crippen molar-refractivity contribution in [1.82, 2.24) is 36.1 Å². The first kappa shape index (κ1) is 37.1. The minimum Gasteiger partial charge on any atom is -0.482 e. The number of carbonyl (C=O) groups excluding carboxylic acids is 5. The molecule has 16 heteroatoms. The van der Waals surface area contributed by atoms with E-state index in [0.29, 0.717) is 17.2 Å². The average molecular weight is 746 g/mol. The highest BCUT2D eigenvalue weighted by Crippen LogP contribution is 2.26. The van der Waals surface area contributed by atoms with Crippen molar-refractivity contribution in [3.05, 3.63) is 101 Å². The van der Waals surface area contributed by atoms with Gasteiger partial charge in [-0.2, -0.15) is 0 Å². The monoisotopic (exact) mass is 745 g/mol. The minimum absolute atomic E-state index is 0.0349. The molecule has 5 atom stereocenters. The third-order valence-corrected chi connectivity index (χ3v) is 9.19. The van der Waals surface area contributed by atoms with Crippen molar-refractivity contribution in [3.8, 4) is 5.75 Å². The van der Waals surface area contributed by atoms with Gasteiger partial charge in [0.05, 0.1) is 5.02 Å². The third kappa shape index (κ3) is 9.03. The van der Waals surface area contributed by atoms with Gasteiger partial charge in [0.1, 0.15) is 42.4 Å². The molecule has 1 fully saturated rings. The lowest BCUT2D eigenvalue weighted by Gasteiger charge is -2.25. The van der Waals surface area contributed by atoms with E-state index in [2.05, 4.69) is 31.2 Å². The molecule has 0 spiro atoms. The molecule has 5 amide bonds. The van der Waals surface area contributed by atoms with Crippen LogP contribution >= 0.6 is 11.6 Å². The van der Waals surface area contributed by atoms with Gasteiger partial charge in [-0.15, -0.1) is 0 Å². The van der Waals surface area contributed by atoms with Crippen molar-refractivity contribution >= 4 is 41.1 Å². The zero-order valence-electron chi connectivity index (χ0n) is 29.3. The lowest BCUT2D eigenvalue weighted by molar-refractivity contribution is -0.126. The molecule has 15 nitrogen and oxygen atoms in total. The molecule has 6 rings (SSSR count). The Hall–Kier alpha value is -5.70. The van der Waals surface area contributed by atoms with Gasteiger partial charge in [0.25, 0.3) is 17.7 Å². The number of amides is 5. The van der Waals surface area contributed by atoms with Crippen LogP contribution in [0.4, 0.5) is 0 Å². The Kier molecular flexibility index (Phi) is 11.4. The molecule has 0 saturated carbocycles. The van der Waals surface area contributed by atoms with Gasteiger partial charge in [0, 0.05) is 19.0 Å². The molecule has 1 saturated heterocycles. The highest BCUT2D eigenvalue weighted by atomic mass is 35.5. The SMILES string of the molecule is CC(C)C[C@H]1NC(=O)c2coc(n2)[C@H](Cc2ccccc2)NC(=O)[C@@H]2C[C@H](NC(=O)COc3ccccc3Cl)CN2C(=O)c2coc(n2)[C@@H](C)NC1=O. The number of hydrogen-bond donors (Lipinski definition) is 4. The van der Waals surface area contributed by atoms with Gasteiger partial charge in [0.2, 0.25) is 23.6 Å². The fourth-order valence-electron chi connectivity index (χ4n) is 6.30. The molecule has 4 N–H and O–H groups in total. The summed E-state index contributed by atoms with van der Waals surface area (Å²) in [5.74, 6) is -2.30. The van der Waals surface area contributed by atoms with Crippen molar-refractivity contribution in [2.75, 3.05) is 13.2 Å². The molecule has 0 radical (unpaired) electrons. The quantitative estimate of drug-likeness (QED) is 0.207. The molecule has 0 aliphatic carbocycles. The minimum atomic E-state index is -1.07. The maximum Gasteiger partial charge on any atom is 0.276 e. The highest BCUT2D eigenvalue weighted by Gasteiger charge is 2.42. The smallest absolute Gasteiger partial charge is 0.276 e. The van der Waals surface area contributed by atoms with Crippen LogP contribution in [-0.2, 0) is 20.8 Å². The van der Waals surface area contributed by atoms with E-state index in [1.54, 1.807) is 31.2 Å². The molecule has 2 aliphatic rings. The molecule has 278 valence electrons. The molecule has 0 unspecified atom stereocenters. The van der Waals surface area contributed by atoms with Gasteiger partial charge in [-0.05, 0) is 43.4 Å². The van der Waals surface area contributed by atoms with Crippen molar-refractivity contribution in [3.63, 3.8) is 0 Å². The predicted octanol–water partition coefficient (Wildman–Crippen LogP) is 3.53. The second-order valence-corrected chi connectivity index (χ2v) is 13.9. The first-order chi connectivity index (χ1) is 25.4. The number of rotatable bonds is 8. The lowest BCUT2D eigenvalue weighted by Crippen LogP contribution is -2.48. The van der Waals surface area contributed by atoms with Crippen molar-refractivity contribution in [2.24, 2.45) is 5.92 Å². The number of nitrogens with zero attached hydrogens (tertiary/aromatic N) is 3. The summed E-state index contributed by atoms with van der Waals surface area (Å²) >= 11 is 6.16. The van der Waals surface area contributed by atoms with E-state index in [9.17, 15) is 24.0 Å². The van der Waals surface area contributed by atoms with Crippen LogP contribution in [0.2, 0.25) is 5.02 Å². The maximum atomic E-state index is 14.2. The summed E-state index contributed by atoms with van der Waals surface area (Å²) in [7, 11) is 0. The summed E-state index contributed by atoms with van der Waals surface area (Å²) in [5.41, 5.74) is 0.657. The van der Waals surface area contributed by atoms with Gasteiger partial charge in [0.15, 0.2) is 18.0 Å². The van der Waals surface area contributed by atoms with E-state index in [1.165, 1.54) is 11.2 Å². The Morgan fingerprint density at radius 1 is 0.925 bits per heavy atom. The van der Waals surface area contributed by atoms with Crippen molar-refractivity contribution in [2.45, 2.75) is 70.2 Å². The third-order valence-electron chi connectivity index (χ3n) is 8.88. The molecule has 4 bridgehead atoms. The summed E-state index contributed by atoms with van der Waals surface area (Å²) in [6.45, 7) is 5.08. The van der Waals surface area contributed by atoms with E-state index in [0.717, 1.165) is 11.8 Å². The van der Waals surface area contributed by atoms with Crippen LogP contribution in [0.5, 0.6) is 5.75 Å². The topological polar surface area (TPSA) is 198 Å². The summed E-state index contributed by atoms with van der Waals surface area (Å²) in [6.07, 6.45) is 2.94. The van der Waals surface area contributed by atoms with E-state index in [-0.39, 0.29) is 55.1 Å². The summed E-state index contributed by atoms with van der Waals surface area (Å²) < 4.78 is 17.0. The number of ether oxygens (including phenoxy) is 1. The molecule has 4 aromatic rings. The van der Waals surface area contributed by atoms with E-state index >= 15 is 0 Å². The summed E-state index contributed by atoms with van der Waals surface area (Å²) in [6, 6.07) is 11.7. The number of hydrogen-bond acceptors (Lipinski definition) is 10. The fraction of sp³-hybridized carbons (Fsp3) is 0.378. The molecule has 2 aromatic heterocycles. The van der Waals surface area contributed by atoms with Crippen LogP contribution in [0.15, 0.2) is 76.0 Å². The number of fused-ring (bicyclic) bond motifs is 5. The Balaban J connectivity index is 1.31. The van der Waals surface area contributed by atoms with Gasteiger partial charge in [-0.25, -0.2) is 9.97 Å². The van der Waals surface area contributed by atoms with Gasteiger partial charge in [-0.3, -0.25) is 24.0 Å². The largest absolute Gasteiger partial charge is 0.482 e. The number of aromatic nitrogens is 2. The number of nitrogens with one attached hydrogen (secondary N) is 4. The molecule has 53 heavy (non-hydrogen) atoms. The maximum absolute atomic E-state index is 14.2. The van der Waals surface area contributed by atoms with Crippen LogP contribution < -0.4 is 26.0 Å². The number of carbonyl (C=O) groups is 5. The first-order valence-corrected chi connectivity index (χ1v) is 17.7. The van der Waals surface area contributed by atoms with E-state index in [1.807, 2.05) is 44.2 Å². The zero-order valence-corrected chi connectivity index (χ0v) is 30.1. The van der Waals surface area contributed by atoms with E-state index < -0.39 is 59.7 Å². The van der Waals surface area contributed by atoms with Gasteiger partial charge >= 0.3 is 0 Å². The standard InChI is InChI=1S/C37H40ClN7O8/c1-20(2)13-25-32(47)39-21(3)35-44-28(18-52-35)37(50)45-16-23(40-31(46)19-51-30-12-8-7-11-24(30)38)15-29(45)34(49)42-26(14-22-9-5-4-6-10-22)36-43-27(17-53-36)33(48)41-25/h4-12,17-18,20-21,23,25-26,29H,13-16,19H2,1-3H3,(H,39,47)(H,40,46)(H,41,48)(H,42,49)/t21-,23+,25-,26+,29+/m1/s1. The molecule has 2 aromatic carbocycles. The second-order valence-electron chi connectivity index (χ2n) is 13.5. The van der Waals surface area contributed by atoms with Crippen LogP contribution in [0, 0.1) is 5.92 Å². The van der Waals surface area contributed by atoms with Gasteiger partial charge in [-0.1, -0.05) is 67.9 Å². The van der Waals surface area contributed by atoms with Crippen LogP contribution in [0.25, 0.3) is 0 Å². The Bertz CT molecular complexity index is 1960. The van der Waals surface area contributed by atoms with Crippen molar-refractivity contribution < 1.29 is 37.5 Å². The Morgan fingerprint density at radius 3 is 2.38 bits per heavy atom. The number of benzene rings is 2. The normalized spacial score (nSPS) is 22.3. The molecule has 2 aliphatic heterocycles. The number of para-hydroxylation sites is 1. The molecular weight excluding hydrogens is 706 g/mol. The Labute approximate surface area is 310 Å². The van der Waals surface area contributed by atoms with Crippen molar-refractivity contribution in [1.29, 1.82) is 0 Å². The zero-order chi connectivity index (χ0) is 37.6. The summed E-state index contributed by atoms with van der Waals surface area (Å²) in [5, 5.41) is 11.7. The summed E-state index contributed by atoms with van der Waals surface area (Å²) in [4.78, 5) is 78.2. The predicted molar refractivity (Wildman–Crippen MR) is 190 cm³/mol. The van der Waals surface area contributed by atoms with Crippen LogP contribution in [0.1, 0.15) is 84.0 Å². The van der Waals surface area contributed by atoms with Crippen LogP contribution in [0.3, 0.4) is 0 Å². The first-order valence-electron chi connectivity index (χ1n) is 17.3. The molecule has 4 heterocycles. The number of halogens is 1. The second kappa shape index (κ2) is 16.3. The fourth-order valence-corrected chi connectivity index (χ4v) is 6.49. The van der Waals surface area contributed by atoms with Gasteiger partial charge < -0.3 is 39.7 Å². The average Bonchev–Trinajstić information content (AvgIpc) is 3.91. The van der Waals surface area contributed by atoms with E-state index in [4.69, 9.17) is 25.2 Å². The highest BCUT2D eigenvalue weighted by molar-refractivity contribution is 6.32. The van der Waals surface area contributed by atoms with Crippen LogP contribution in [-0.4, -0.2) is 75.7 Å². The molecular formula is C37H40ClN7O8. The Morgan fingerprint density at radius 2 is 1.62 bits per heavy atom. The number of oxazole rings is 2. The lowest BCUT2D eigenvalue weighted by atomic mass is 10.0.